The van der Waals surface area contributed by atoms with Crippen molar-refractivity contribution in [2.75, 3.05) is 21.3 Å². The fourth-order valence-corrected chi connectivity index (χ4v) is 4.46. The molecule has 1 aliphatic heterocycles. The van der Waals surface area contributed by atoms with Gasteiger partial charge in [0.2, 0.25) is 5.43 Å². The van der Waals surface area contributed by atoms with Crippen LogP contribution in [0, 0.1) is 0 Å². The minimum absolute atomic E-state index is 0.0143. The molecule has 0 unspecified atom stereocenters. The Labute approximate surface area is 200 Å². The van der Waals surface area contributed by atoms with Gasteiger partial charge in [0.25, 0.3) is 0 Å². The van der Waals surface area contributed by atoms with E-state index < -0.39 is 17.3 Å². The molecule has 0 amide bonds. The van der Waals surface area contributed by atoms with E-state index in [4.69, 9.17) is 23.4 Å². The van der Waals surface area contributed by atoms with Crippen LogP contribution in [0.2, 0.25) is 0 Å². The molecule has 8 nitrogen and oxygen atoms in total. The van der Waals surface area contributed by atoms with E-state index in [2.05, 4.69) is 0 Å². The van der Waals surface area contributed by atoms with E-state index in [0.29, 0.717) is 28.4 Å². The zero-order chi connectivity index (χ0) is 24.7. The second-order valence-corrected chi connectivity index (χ2v) is 8.06. The maximum absolute atomic E-state index is 13.5. The Bertz CT molecular complexity index is 1500. The molecule has 0 spiro atoms. The number of esters is 1. The number of benzene rings is 3. The van der Waals surface area contributed by atoms with E-state index in [9.17, 15) is 14.7 Å². The number of phenols is 1. The minimum Gasteiger partial charge on any atom is -0.507 e. The lowest BCUT2D eigenvalue weighted by Crippen LogP contribution is -2.22. The Morgan fingerprint density at radius 1 is 0.914 bits per heavy atom. The molecule has 0 saturated heterocycles. The van der Waals surface area contributed by atoms with Crippen molar-refractivity contribution in [2.45, 2.75) is 12.3 Å². The highest BCUT2D eigenvalue weighted by Gasteiger charge is 2.34. The van der Waals surface area contributed by atoms with E-state index in [1.807, 2.05) is 6.07 Å². The molecule has 4 aromatic rings. The van der Waals surface area contributed by atoms with Gasteiger partial charge in [-0.1, -0.05) is 18.2 Å². The summed E-state index contributed by atoms with van der Waals surface area (Å²) in [6.07, 6.45) is 1.38. The molecular formula is C27H22O8. The van der Waals surface area contributed by atoms with Crippen molar-refractivity contribution in [1.29, 1.82) is 0 Å². The summed E-state index contributed by atoms with van der Waals surface area (Å²) in [5.74, 6) is 0.542. The molecule has 3 aromatic carbocycles. The van der Waals surface area contributed by atoms with Crippen LogP contribution < -0.4 is 24.4 Å². The van der Waals surface area contributed by atoms with Crippen LogP contribution in [-0.4, -0.2) is 32.4 Å². The van der Waals surface area contributed by atoms with Gasteiger partial charge in [-0.3, -0.25) is 9.59 Å². The van der Waals surface area contributed by atoms with Gasteiger partial charge in [-0.2, -0.15) is 0 Å². The third-order valence-electron chi connectivity index (χ3n) is 6.18. The van der Waals surface area contributed by atoms with Gasteiger partial charge >= 0.3 is 5.97 Å². The zero-order valence-corrected chi connectivity index (χ0v) is 19.3. The maximum atomic E-state index is 13.5. The molecule has 5 rings (SSSR count). The maximum Gasteiger partial charge on any atom is 0.312 e. The molecule has 0 fully saturated rings. The third-order valence-corrected chi connectivity index (χ3v) is 6.18. The number of carbonyl (C=O) groups excluding carboxylic acids is 1. The van der Waals surface area contributed by atoms with Crippen LogP contribution in [0.1, 0.15) is 23.5 Å². The number of rotatable bonds is 5. The number of fused-ring (bicyclic) bond motifs is 3. The smallest absolute Gasteiger partial charge is 0.312 e. The average Bonchev–Trinajstić information content (AvgIpc) is 2.87. The molecule has 1 N–H and O–H groups in total. The van der Waals surface area contributed by atoms with Crippen molar-refractivity contribution < 1.29 is 33.3 Å². The zero-order valence-electron chi connectivity index (χ0n) is 19.3. The van der Waals surface area contributed by atoms with E-state index >= 15 is 0 Å². The standard InChI is InChI=1S/C27H22O8/c1-31-16-7-4-14(5-8-16)18-13-34-27-24-17(15-6-9-20(32-2)21(10-15)33-3)11-23(29)35-22(24)12-19(28)25(27)26(18)30/h4-10,12-13,17,28H,11H2,1-3H3/t17-/m0/s1. The predicted octanol–water partition coefficient (Wildman–Crippen LogP) is 4.63. The monoisotopic (exact) mass is 474 g/mol. The number of phenolic OH excluding ortho intramolecular Hbond substituents is 1. The second kappa shape index (κ2) is 8.72. The summed E-state index contributed by atoms with van der Waals surface area (Å²) in [5, 5.41) is 10.8. The first-order chi connectivity index (χ1) is 16.9. The van der Waals surface area contributed by atoms with Crippen molar-refractivity contribution in [2.24, 2.45) is 0 Å². The Morgan fingerprint density at radius 3 is 2.34 bits per heavy atom. The van der Waals surface area contributed by atoms with E-state index in [-0.39, 0.29) is 34.5 Å². The normalized spacial score (nSPS) is 14.8. The largest absolute Gasteiger partial charge is 0.507 e. The molecule has 0 radical (unpaired) electrons. The van der Waals surface area contributed by atoms with Gasteiger partial charge in [-0.25, -0.2) is 0 Å². The summed E-state index contributed by atoms with van der Waals surface area (Å²) < 4.78 is 27.3. The lowest BCUT2D eigenvalue weighted by atomic mass is 9.84. The summed E-state index contributed by atoms with van der Waals surface area (Å²) in [6, 6.07) is 13.6. The lowest BCUT2D eigenvalue weighted by Gasteiger charge is -2.26. The summed E-state index contributed by atoms with van der Waals surface area (Å²) in [6.45, 7) is 0. The molecule has 8 heteroatoms. The first-order valence-corrected chi connectivity index (χ1v) is 10.8. The topological polar surface area (TPSA) is 104 Å². The minimum atomic E-state index is -0.496. The summed E-state index contributed by atoms with van der Waals surface area (Å²) in [4.78, 5) is 25.9. The number of hydrogen-bond acceptors (Lipinski definition) is 8. The van der Waals surface area contributed by atoms with Crippen LogP contribution in [0.25, 0.3) is 22.1 Å². The third kappa shape index (κ3) is 3.73. The SMILES string of the molecule is COc1ccc(-c2coc3c4c(cc(O)c3c2=O)OC(=O)C[C@H]4c2ccc(OC)c(OC)c2)cc1. The summed E-state index contributed by atoms with van der Waals surface area (Å²) in [5.41, 5.74) is 1.90. The van der Waals surface area contributed by atoms with Crippen LogP contribution in [0.4, 0.5) is 0 Å². The number of ether oxygens (including phenoxy) is 4. The van der Waals surface area contributed by atoms with E-state index in [1.54, 1.807) is 43.5 Å². The molecule has 0 bridgehead atoms. The predicted molar refractivity (Wildman–Crippen MR) is 128 cm³/mol. The highest BCUT2D eigenvalue weighted by molar-refractivity contribution is 5.94. The molecule has 35 heavy (non-hydrogen) atoms. The van der Waals surface area contributed by atoms with Crippen molar-refractivity contribution >= 4 is 16.9 Å². The number of hydrogen-bond donors (Lipinski definition) is 1. The van der Waals surface area contributed by atoms with Gasteiger partial charge in [-0.05, 0) is 35.4 Å². The van der Waals surface area contributed by atoms with Gasteiger partial charge in [0, 0.05) is 17.5 Å². The van der Waals surface area contributed by atoms with Gasteiger partial charge in [-0.15, -0.1) is 0 Å². The fourth-order valence-electron chi connectivity index (χ4n) is 4.46. The lowest BCUT2D eigenvalue weighted by molar-refractivity contribution is -0.135. The highest BCUT2D eigenvalue weighted by Crippen LogP contribution is 2.46. The molecule has 178 valence electrons. The number of methoxy groups -OCH3 is 3. The van der Waals surface area contributed by atoms with E-state index in [1.165, 1.54) is 26.5 Å². The molecular weight excluding hydrogens is 452 g/mol. The number of carbonyl (C=O) groups is 1. The molecule has 1 aliphatic rings. The molecule has 0 saturated carbocycles. The van der Waals surface area contributed by atoms with Crippen LogP contribution in [0.15, 0.2) is 64.0 Å². The summed E-state index contributed by atoms with van der Waals surface area (Å²) >= 11 is 0. The van der Waals surface area contributed by atoms with Crippen LogP contribution in [-0.2, 0) is 4.79 Å². The fraction of sp³-hybridized carbons (Fsp3) is 0.185. The molecule has 1 atom stereocenters. The Hall–Kier alpha value is -4.46. The van der Waals surface area contributed by atoms with Crippen molar-refractivity contribution in [3.05, 3.63) is 76.1 Å². The van der Waals surface area contributed by atoms with Crippen molar-refractivity contribution in [3.63, 3.8) is 0 Å². The Kier molecular flexibility index (Phi) is 5.56. The van der Waals surface area contributed by atoms with Crippen molar-refractivity contribution in [1.82, 2.24) is 0 Å². The quantitative estimate of drug-likeness (QED) is 0.330. The van der Waals surface area contributed by atoms with Crippen LogP contribution >= 0.6 is 0 Å². The van der Waals surface area contributed by atoms with Crippen LogP contribution in [0.3, 0.4) is 0 Å². The van der Waals surface area contributed by atoms with Gasteiger partial charge < -0.3 is 28.5 Å². The second-order valence-electron chi connectivity index (χ2n) is 8.06. The first kappa shape index (κ1) is 22.3. The van der Waals surface area contributed by atoms with Crippen molar-refractivity contribution in [3.8, 4) is 39.9 Å². The van der Waals surface area contributed by atoms with Crippen LogP contribution in [0.5, 0.6) is 28.7 Å². The molecule has 2 heterocycles. The highest BCUT2D eigenvalue weighted by atomic mass is 16.5. The Balaban J connectivity index is 1.72. The Morgan fingerprint density at radius 2 is 1.66 bits per heavy atom. The van der Waals surface area contributed by atoms with Gasteiger partial charge in [0.15, 0.2) is 11.5 Å². The summed E-state index contributed by atoms with van der Waals surface area (Å²) in [7, 11) is 4.62. The molecule has 0 aliphatic carbocycles. The van der Waals surface area contributed by atoms with E-state index in [0.717, 1.165) is 5.56 Å². The number of aromatic hydroxyl groups is 1. The van der Waals surface area contributed by atoms with Gasteiger partial charge in [0.05, 0.1) is 33.3 Å². The van der Waals surface area contributed by atoms with Gasteiger partial charge in [0.1, 0.15) is 34.5 Å². The molecule has 1 aromatic heterocycles. The average molecular weight is 474 g/mol. The first-order valence-electron chi connectivity index (χ1n) is 10.8.